The Balaban J connectivity index is 2.87. The van der Waals surface area contributed by atoms with E-state index in [0.717, 1.165) is 9.99 Å². The number of carboxylic acids is 1. The summed E-state index contributed by atoms with van der Waals surface area (Å²) in [5, 5.41) is 8.89. The lowest BCUT2D eigenvalue weighted by Crippen LogP contribution is -2.03. The SMILES string of the molecule is Cn1c(C(=O)O)cc2nccc(Br)c21. The first-order chi connectivity index (χ1) is 6.61. The number of rotatable bonds is 1. The number of carboxylic acid groups (broad SMARTS) is 1. The Kier molecular flexibility index (Phi) is 2.03. The van der Waals surface area contributed by atoms with Crippen LogP contribution in [0.2, 0.25) is 0 Å². The first-order valence-corrected chi connectivity index (χ1v) is 4.74. The van der Waals surface area contributed by atoms with E-state index in [2.05, 4.69) is 20.9 Å². The molecule has 14 heavy (non-hydrogen) atoms. The van der Waals surface area contributed by atoms with Crippen LogP contribution >= 0.6 is 15.9 Å². The summed E-state index contributed by atoms with van der Waals surface area (Å²) in [5.41, 5.74) is 1.71. The normalized spacial score (nSPS) is 10.7. The molecule has 2 rings (SSSR count). The third-order valence-corrected chi connectivity index (χ3v) is 2.73. The molecule has 0 aliphatic carbocycles. The van der Waals surface area contributed by atoms with Crippen LogP contribution in [0.3, 0.4) is 0 Å². The number of pyridine rings is 1. The van der Waals surface area contributed by atoms with Crippen molar-refractivity contribution in [1.29, 1.82) is 0 Å². The van der Waals surface area contributed by atoms with Crippen molar-refractivity contribution in [3.8, 4) is 0 Å². The number of aryl methyl sites for hydroxylation is 1. The second kappa shape index (κ2) is 3.09. The number of fused-ring (bicyclic) bond motifs is 1. The van der Waals surface area contributed by atoms with Gasteiger partial charge >= 0.3 is 5.97 Å². The fourth-order valence-electron chi connectivity index (χ4n) is 1.44. The fraction of sp³-hybridized carbons (Fsp3) is 0.111. The molecule has 0 atom stereocenters. The van der Waals surface area contributed by atoms with Gasteiger partial charge in [-0.15, -0.1) is 0 Å². The van der Waals surface area contributed by atoms with E-state index < -0.39 is 5.97 Å². The molecule has 2 aromatic rings. The molecule has 72 valence electrons. The smallest absolute Gasteiger partial charge is 0.352 e. The molecule has 2 aromatic heterocycles. The Morgan fingerprint density at radius 3 is 2.93 bits per heavy atom. The standard InChI is InChI=1S/C9H7BrN2O2/c1-12-7(9(13)14)4-6-8(12)5(10)2-3-11-6/h2-4H,1H3,(H,13,14). The van der Waals surface area contributed by atoms with Gasteiger partial charge in [0.1, 0.15) is 5.69 Å². The summed E-state index contributed by atoms with van der Waals surface area (Å²) in [7, 11) is 1.71. The fourth-order valence-corrected chi connectivity index (χ4v) is 2.02. The molecule has 1 N–H and O–H groups in total. The zero-order valence-electron chi connectivity index (χ0n) is 7.36. The zero-order valence-corrected chi connectivity index (χ0v) is 8.95. The number of aromatic carboxylic acids is 1. The number of aromatic nitrogens is 2. The number of nitrogens with zero attached hydrogens (tertiary/aromatic N) is 2. The molecule has 0 aliphatic rings. The maximum Gasteiger partial charge on any atom is 0.352 e. The minimum Gasteiger partial charge on any atom is -0.477 e. The van der Waals surface area contributed by atoms with Gasteiger partial charge in [0, 0.05) is 17.7 Å². The summed E-state index contributed by atoms with van der Waals surface area (Å²) in [6.45, 7) is 0. The molecule has 0 radical (unpaired) electrons. The monoisotopic (exact) mass is 254 g/mol. The highest BCUT2D eigenvalue weighted by Gasteiger charge is 2.13. The summed E-state index contributed by atoms with van der Waals surface area (Å²) in [4.78, 5) is 14.9. The number of halogens is 1. The minimum atomic E-state index is -0.947. The molecule has 5 heteroatoms. The van der Waals surface area contributed by atoms with E-state index in [0.29, 0.717) is 5.52 Å². The predicted molar refractivity (Wildman–Crippen MR) is 55.4 cm³/mol. The molecule has 0 fully saturated rings. The molecule has 0 saturated heterocycles. The third kappa shape index (κ3) is 1.21. The van der Waals surface area contributed by atoms with Gasteiger partial charge in [0.15, 0.2) is 0 Å². The van der Waals surface area contributed by atoms with E-state index in [-0.39, 0.29) is 5.69 Å². The van der Waals surface area contributed by atoms with Crippen molar-refractivity contribution in [2.45, 2.75) is 0 Å². The molecule has 0 aliphatic heterocycles. The van der Waals surface area contributed by atoms with E-state index in [1.807, 2.05) is 0 Å². The van der Waals surface area contributed by atoms with Crippen molar-refractivity contribution >= 4 is 32.9 Å². The van der Waals surface area contributed by atoms with Gasteiger partial charge < -0.3 is 9.67 Å². The van der Waals surface area contributed by atoms with Gasteiger partial charge in [-0.1, -0.05) is 0 Å². The van der Waals surface area contributed by atoms with Crippen LogP contribution in [0.5, 0.6) is 0 Å². The average Bonchev–Trinajstić information content (AvgIpc) is 2.45. The largest absolute Gasteiger partial charge is 0.477 e. The van der Waals surface area contributed by atoms with Gasteiger partial charge in [-0.3, -0.25) is 4.98 Å². The van der Waals surface area contributed by atoms with Gasteiger partial charge in [0.05, 0.1) is 11.0 Å². The van der Waals surface area contributed by atoms with E-state index in [1.165, 1.54) is 0 Å². The highest BCUT2D eigenvalue weighted by atomic mass is 79.9. The minimum absolute atomic E-state index is 0.236. The Labute approximate surface area is 88.3 Å². The molecule has 0 spiro atoms. The second-order valence-electron chi connectivity index (χ2n) is 2.92. The average molecular weight is 255 g/mol. The van der Waals surface area contributed by atoms with Gasteiger partial charge in [-0.05, 0) is 28.1 Å². The van der Waals surface area contributed by atoms with E-state index in [4.69, 9.17) is 5.11 Å². The van der Waals surface area contributed by atoms with Crippen molar-refractivity contribution in [3.63, 3.8) is 0 Å². The van der Waals surface area contributed by atoms with E-state index >= 15 is 0 Å². The van der Waals surface area contributed by atoms with Gasteiger partial charge in [-0.2, -0.15) is 0 Å². The molecule has 0 bridgehead atoms. The predicted octanol–water partition coefficient (Wildman–Crippen LogP) is 2.03. The van der Waals surface area contributed by atoms with Crippen molar-refractivity contribution in [1.82, 2.24) is 9.55 Å². The van der Waals surface area contributed by atoms with Gasteiger partial charge in [0.2, 0.25) is 0 Å². The van der Waals surface area contributed by atoms with Crippen LogP contribution in [-0.4, -0.2) is 20.6 Å². The summed E-state index contributed by atoms with van der Waals surface area (Å²) in [5.74, 6) is -0.947. The highest BCUT2D eigenvalue weighted by molar-refractivity contribution is 9.10. The number of carbonyl (C=O) groups is 1. The lowest BCUT2D eigenvalue weighted by Gasteiger charge is -2.00. The molecule has 2 heterocycles. The molecular weight excluding hydrogens is 248 g/mol. The van der Waals surface area contributed by atoms with Crippen molar-refractivity contribution in [3.05, 3.63) is 28.5 Å². The topological polar surface area (TPSA) is 55.1 Å². The van der Waals surface area contributed by atoms with E-state index in [1.54, 1.807) is 29.9 Å². The molecule has 0 saturated carbocycles. The van der Waals surface area contributed by atoms with Crippen LogP contribution < -0.4 is 0 Å². The number of hydrogen-bond acceptors (Lipinski definition) is 2. The Morgan fingerprint density at radius 2 is 2.36 bits per heavy atom. The van der Waals surface area contributed by atoms with Crippen LogP contribution in [0.4, 0.5) is 0 Å². The lowest BCUT2D eigenvalue weighted by atomic mass is 10.4. The van der Waals surface area contributed by atoms with Crippen LogP contribution in [-0.2, 0) is 7.05 Å². The second-order valence-corrected chi connectivity index (χ2v) is 3.77. The van der Waals surface area contributed by atoms with Crippen LogP contribution in [0.1, 0.15) is 10.5 Å². The van der Waals surface area contributed by atoms with Crippen molar-refractivity contribution in [2.75, 3.05) is 0 Å². The van der Waals surface area contributed by atoms with E-state index in [9.17, 15) is 4.79 Å². The molecule has 4 nitrogen and oxygen atoms in total. The van der Waals surface area contributed by atoms with Gasteiger partial charge in [0.25, 0.3) is 0 Å². The van der Waals surface area contributed by atoms with Gasteiger partial charge in [-0.25, -0.2) is 4.79 Å². The molecule has 0 aromatic carbocycles. The third-order valence-electron chi connectivity index (χ3n) is 2.09. The molecular formula is C9H7BrN2O2. The lowest BCUT2D eigenvalue weighted by molar-refractivity contribution is 0.0687. The zero-order chi connectivity index (χ0) is 10.3. The van der Waals surface area contributed by atoms with Crippen molar-refractivity contribution < 1.29 is 9.90 Å². The first kappa shape index (κ1) is 9.21. The molecule has 0 amide bonds. The summed E-state index contributed by atoms with van der Waals surface area (Å²) in [6, 6.07) is 3.34. The number of hydrogen-bond donors (Lipinski definition) is 1. The molecule has 0 unspecified atom stereocenters. The Morgan fingerprint density at radius 1 is 1.64 bits per heavy atom. The van der Waals surface area contributed by atoms with Crippen LogP contribution in [0, 0.1) is 0 Å². The van der Waals surface area contributed by atoms with Crippen LogP contribution in [0.25, 0.3) is 11.0 Å². The van der Waals surface area contributed by atoms with Crippen LogP contribution in [0.15, 0.2) is 22.8 Å². The summed E-state index contributed by atoms with van der Waals surface area (Å²) < 4.78 is 2.45. The quantitative estimate of drug-likeness (QED) is 0.848. The highest BCUT2D eigenvalue weighted by Crippen LogP contribution is 2.24. The summed E-state index contributed by atoms with van der Waals surface area (Å²) >= 11 is 3.36. The Bertz CT molecular complexity index is 519. The first-order valence-electron chi connectivity index (χ1n) is 3.94. The Hall–Kier alpha value is -1.36. The summed E-state index contributed by atoms with van der Waals surface area (Å²) in [6.07, 6.45) is 1.64. The van der Waals surface area contributed by atoms with Crippen molar-refractivity contribution in [2.24, 2.45) is 7.05 Å². The maximum absolute atomic E-state index is 10.8. The maximum atomic E-state index is 10.8.